The number of nitrogens with zero attached hydrogens (tertiary/aromatic N) is 1. The molecule has 1 saturated heterocycles. The van der Waals surface area contributed by atoms with Crippen LogP contribution in [0.3, 0.4) is 0 Å². The average Bonchev–Trinajstić information content (AvgIpc) is 3.39. The van der Waals surface area contributed by atoms with Crippen LogP contribution in [0.15, 0.2) is 71.3 Å². The maximum Gasteiger partial charge on any atom is 0.255 e. The number of para-hydroxylation sites is 1. The molecular formula is C23H22N2O3S. The summed E-state index contributed by atoms with van der Waals surface area (Å²) >= 11 is 1.59. The van der Waals surface area contributed by atoms with Gasteiger partial charge in [0.1, 0.15) is 11.1 Å². The first kappa shape index (κ1) is 19.3. The molecule has 1 aromatic heterocycles. The number of rotatable bonds is 6. The Balaban J connectivity index is 1.48. The third kappa shape index (κ3) is 4.22. The molecule has 0 radical (unpaired) electrons. The van der Waals surface area contributed by atoms with Crippen LogP contribution in [-0.2, 0) is 17.8 Å². The lowest BCUT2D eigenvalue weighted by molar-refractivity contribution is -0.128. The largest absolute Gasteiger partial charge is 0.467 e. The van der Waals surface area contributed by atoms with Crippen molar-refractivity contribution < 1.29 is 14.0 Å². The lowest BCUT2D eigenvalue weighted by Gasteiger charge is -2.23. The lowest BCUT2D eigenvalue weighted by atomic mass is 10.1. The molecule has 0 unspecified atom stereocenters. The Hall–Kier alpha value is -2.99. The van der Waals surface area contributed by atoms with E-state index in [-0.39, 0.29) is 17.2 Å². The fourth-order valence-corrected chi connectivity index (χ4v) is 4.60. The minimum Gasteiger partial charge on any atom is -0.467 e. The van der Waals surface area contributed by atoms with Gasteiger partial charge in [-0.2, -0.15) is 0 Å². The van der Waals surface area contributed by atoms with Gasteiger partial charge in [-0.05, 0) is 47.9 Å². The van der Waals surface area contributed by atoms with Crippen molar-refractivity contribution >= 4 is 29.3 Å². The normalized spacial score (nSPS) is 16.2. The third-order valence-corrected chi connectivity index (χ3v) is 6.23. The minimum atomic E-state index is -0.139. The van der Waals surface area contributed by atoms with Crippen molar-refractivity contribution in [2.75, 3.05) is 11.1 Å². The van der Waals surface area contributed by atoms with Crippen LogP contribution < -0.4 is 5.32 Å². The van der Waals surface area contributed by atoms with Crippen molar-refractivity contribution in [1.29, 1.82) is 0 Å². The van der Waals surface area contributed by atoms with Crippen LogP contribution >= 0.6 is 11.8 Å². The molecule has 4 rings (SSSR count). The predicted molar refractivity (Wildman–Crippen MR) is 115 cm³/mol. The number of furan rings is 1. The van der Waals surface area contributed by atoms with E-state index in [1.54, 1.807) is 18.0 Å². The second kappa shape index (κ2) is 8.57. The molecule has 6 heteroatoms. The number of amides is 2. The number of aryl methyl sites for hydroxylation is 1. The van der Waals surface area contributed by atoms with Gasteiger partial charge in [-0.1, -0.05) is 37.3 Å². The smallest absolute Gasteiger partial charge is 0.255 e. The van der Waals surface area contributed by atoms with Crippen LogP contribution in [0.1, 0.15) is 39.5 Å². The van der Waals surface area contributed by atoms with Crippen LogP contribution in [0.4, 0.5) is 5.69 Å². The second-order valence-corrected chi connectivity index (χ2v) is 7.92. The maximum atomic E-state index is 12.6. The van der Waals surface area contributed by atoms with Crippen molar-refractivity contribution in [3.05, 3.63) is 89.4 Å². The number of carbonyl (C=O) groups excluding carboxylic acids is 2. The molecule has 2 aromatic carbocycles. The zero-order valence-corrected chi connectivity index (χ0v) is 16.9. The zero-order valence-electron chi connectivity index (χ0n) is 16.1. The van der Waals surface area contributed by atoms with E-state index < -0.39 is 0 Å². The van der Waals surface area contributed by atoms with Gasteiger partial charge in [0.25, 0.3) is 5.91 Å². The number of hydrogen-bond donors (Lipinski definition) is 1. The van der Waals surface area contributed by atoms with E-state index in [1.165, 1.54) is 0 Å². The SMILES string of the molecule is CCc1ccccc1NC(=O)c1ccc([C@H]2SCC(=O)N2Cc2ccco2)cc1. The molecule has 1 atom stereocenters. The number of nitrogens with one attached hydrogen (secondary N) is 1. The van der Waals surface area contributed by atoms with E-state index >= 15 is 0 Å². The van der Waals surface area contributed by atoms with Crippen molar-refractivity contribution in [1.82, 2.24) is 4.90 Å². The van der Waals surface area contributed by atoms with Gasteiger partial charge in [0.2, 0.25) is 5.91 Å². The quantitative estimate of drug-likeness (QED) is 0.634. The van der Waals surface area contributed by atoms with Crippen LogP contribution in [0.2, 0.25) is 0 Å². The molecule has 1 aliphatic rings. The fourth-order valence-electron chi connectivity index (χ4n) is 3.42. The predicted octanol–water partition coefficient (Wildman–Crippen LogP) is 4.87. The minimum absolute atomic E-state index is 0.0782. The Bertz CT molecular complexity index is 999. The highest BCUT2D eigenvalue weighted by atomic mass is 32.2. The van der Waals surface area contributed by atoms with E-state index in [4.69, 9.17) is 4.42 Å². The highest BCUT2D eigenvalue weighted by Crippen LogP contribution is 2.39. The Morgan fingerprint density at radius 1 is 1.14 bits per heavy atom. The number of thioether (sulfide) groups is 1. The molecule has 1 N–H and O–H groups in total. The maximum absolute atomic E-state index is 12.6. The molecule has 1 fully saturated rings. The molecular weight excluding hydrogens is 384 g/mol. The van der Waals surface area contributed by atoms with E-state index in [0.29, 0.717) is 17.9 Å². The molecule has 0 saturated carbocycles. The van der Waals surface area contributed by atoms with Gasteiger partial charge in [-0.15, -0.1) is 11.8 Å². The molecule has 148 valence electrons. The van der Waals surface area contributed by atoms with E-state index in [2.05, 4.69) is 12.2 Å². The topological polar surface area (TPSA) is 62.6 Å². The molecule has 0 aliphatic carbocycles. The van der Waals surface area contributed by atoms with Gasteiger partial charge in [0, 0.05) is 11.3 Å². The summed E-state index contributed by atoms with van der Waals surface area (Å²) in [6, 6.07) is 19.0. The Labute approximate surface area is 174 Å². The summed E-state index contributed by atoms with van der Waals surface area (Å²) in [4.78, 5) is 26.8. The summed E-state index contributed by atoms with van der Waals surface area (Å²) in [6.07, 6.45) is 2.47. The number of anilines is 1. The average molecular weight is 407 g/mol. The molecule has 2 amide bonds. The second-order valence-electron chi connectivity index (χ2n) is 6.85. The Morgan fingerprint density at radius 2 is 1.93 bits per heavy atom. The van der Waals surface area contributed by atoms with Gasteiger partial charge >= 0.3 is 0 Å². The van der Waals surface area contributed by atoms with Crippen molar-refractivity contribution in [2.45, 2.75) is 25.3 Å². The van der Waals surface area contributed by atoms with E-state index in [1.807, 2.05) is 65.6 Å². The fraction of sp³-hybridized carbons (Fsp3) is 0.217. The summed E-state index contributed by atoms with van der Waals surface area (Å²) in [5.41, 5.74) is 3.53. The zero-order chi connectivity index (χ0) is 20.2. The van der Waals surface area contributed by atoms with Crippen LogP contribution in [0.5, 0.6) is 0 Å². The van der Waals surface area contributed by atoms with Gasteiger partial charge < -0.3 is 14.6 Å². The van der Waals surface area contributed by atoms with Gasteiger partial charge in [0.15, 0.2) is 0 Å². The van der Waals surface area contributed by atoms with Crippen LogP contribution in [0.25, 0.3) is 0 Å². The highest BCUT2D eigenvalue weighted by Gasteiger charge is 2.33. The Kier molecular flexibility index (Phi) is 5.71. The first-order valence-electron chi connectivity index (χ1n) is 9.58. The molecule has 1 aliphatic heterocycles. The molecule has 0 spiro atoms. The van der Waals surface area contributed by atoms with Crippen molar-refractivity contribution in [3.63, 3.8) is 0 Å². The standard InChI is InChI=1S/C23H22N2O3S/c1-2-16-6-3-4-8-20(16)24-22(27)17-9-11-18(12-10-17)23-25(21(26)15-29-23)14-19-7-5-13-28-19/h3-13,23H,2,14-15H2,1H3,(H,24,27)/t23-/m1/s1. The van der Waals surface area contributed by atoms with Gasteiger partial charge in [-0.3, -0.25) is 9.59 Å². The molecule has 29 heavy (non-hydrogen) atoms. The number of hydrogen-bond acceptors (Lipinski definition) is 4. The summed E-state index contributed by atoms with van der Waals surface area (Å²) in [5.74, 6) is 1.16. The lowest BCUT2D eigenvalue weighted by Crippen LogP contribution is -2.27. The first-order valence-corrected chi connectivity index (χ1v) is 10.6. The Morgan fingerprint density at radius 3 is 2.66 bits per heavy atom. The van der Waals surface area contributed by atoms with Crippen LogP contribution in [0, 0.1) is 0 Å². The third-order valence-electron chi connectivity index (χ3n) is 4.98. The molecule has 2 heterocycles. The summed E-state index contributed by atoms with van der Waals surface area (Å²) in [7, 11) is 0. The first-order chi connectivity index (χ1) is 14.2. The van der Waals surface area contributed by atoms with E-state index in [0.717, 1.165) is 29.0 Å². The van der Waals surface area contributed by atoms with Crippen LogP contribution in [-0.4, -0.2) is 22.5 Å². The summed E-state index contributed by atoms with van der Waals surface area (Å²) < 4.78 is 5.40. The number of carbonyl (C=O) groups is 2. The summed E-state index contributed by atoms with van der Waals surface area (Å²) in [6.45, 7) is 2.51. The molecule has 5 nitrogen and oxygen atoms in total. The van der Waals surface area contributed by atoms with E-state index in [9.17, 15) is 9.59 Å². The van der Waals surface area contributed by atoms with Crippen molar-refractivity contribution in [3.8, 4) is 0 Å². The summed E-state index contributed by atoms with van der Waals surface area (Å²) in [5, 5.41) is 2.91. The van der Waals surface area contributed by atoms with Gasteiger partial charge in [0.05, 0.1) is 18.6 Å². The van der Waals surface area contributed by atoms with Crippen molar-refractivity contribution in [2.24, 2.45) is 0 Å². The molecule has 0 bridgehead atoms. The monoisotopic (exact) mass is 406 g/mol. The number of benzene rings is 2. The molecule has 3 aromatic rings. The van der Waals surface area contributed by atoms with Gasteiger partial charge in [-0.25, -0.2) is 0 Å². The highest BCUT2D eigenvalue weighted by molar-refractivity contribution is 8.00.